The maximum Gasteiger partial charge on any atom is 0.258 e. The van der Waals surface area contributed by atoms with E-state index in [0.717, 1.165) is 0 Å². The Morgan fingerprint density at radius 1 is 0.615 bits per heavy atom. The van der Waals surface area contributed by atoms with Crippen LogP contribution in [0.15, 0.2) is 47.5 Å². The lowest BCUT2D eigenvalue weighted by Crippen LogP contribution is -2.21. The van der Waals surface area contributed by atoms with Gasteiger partial charge in [0.05, 0.1) is 32.6 Å². The zero-order valence-electron chi connectivity index (χ0n) is 12.8. The van der Waals surface area contributed by atoms with Gasteiger partial charge >= 0.3 is 0 Å². The lowest BCUT2D eigenvalue weighted by atomic mass is 10.0. The summed E-state index contributed by atoms with van der Waals surface area (Å²) in [6.45, 7) is 0. The van der Waals surface area contributed by atoms with Crippen molar-refractivity contribution in [3.8, 4) is 0 Å². The van der Waals surface area contributed by atoms with Crippen molar-refractivity contribution in [2.24, 2.45) is 0 Å². The summed E-state index contributed by atoms with van der Waals surface area (Å²) >= 11 is 24.3. The van der Waals surface area contributed by atoms with E-state index in [1.807, 2.05) is 0 Å². The molecule has 0 saturated heterocycles. The molecule has 8 heteroatoms. The third kappa shape index (κ3) is 2.70. The average molecular weight is 426 g/mol. The van der Waals surface area contributed by atoms with Gasteiger partial charge in [0.15, 0.2) is 0 Å². The molecule has 0 aliphatic carbocycles. The van der Waals surface area contributed by atoms with Crippen LogP contribution in [0.5, 0.6) is 0 Å². The van der Waals surface area contributed by atoms with Crippen LogP contribution in [-0.2, 0) is 9.59 Å². The predicted molar refractivity (Wildman–Crippen MR) is 103 cm³/mol. The molecule has 0 fully saturated rings. The summed E-state index contributed by atoms with van der Waals surface area (Å²) in [7, 11) is 0. The van der Waals surface area contributed by atoms with Crippen molar-refractivity contribution in [2.75, 3.05) is 0 Å². The number of benzene rings is 2. The molecule has 2 aromatic carbocycles. The first-order valence-corrected chi connectivity index (χ1v) is 8.90. The smallest absolute Gasteiger partial charge is 0.258 e. The highest BCUT2D eigenvalue weighted by Crippen LogP contribution is 2.41. The maximum absolute atomic E-state index is 12.6. The predicted octanol–water partition coefficient (Wildman–Crippen LogP) is 4.68. The van der Waals surface area contributed by atoms with Crippen LogP contribution >= 0.6 is 46.4 Å². The van der Waals surface area contributed by atoms with Crippen molar-refractivity contribution in [3.63, 3.8) is 0 Å². The summed E-state index contributed by atoms with van der Waals surface area (Å²) in [5, 5.41) is 7.00. The van der Waals surface area contributed by atoms with Crippen LogP contribution in [0.3, 0.4) is 0 Å². The van der Waals surface area contributed by atoms with Crippen LogP contribution in [-0.4, -0.2) is 11.8 Å². The largest absolute Gasteiger partial charge is 0.321 e. The Bertz CT molecular complexity index is 987. The van der Waals surface area contributed by atoms with Crippen molar-refractivity contribution in [2.45, 2.75) is 0 Å². The number of hydrogen-bond donors (Lipinski definition) is 2. The molecule has 2 amide bonds. The van der Waals surface area contributed by atoms with Gasteiger partial charge in [0.2, 0.25) is 0 Å². The van der Waals surface area contributed by atoms with Crippen molar-refractivity contribution < 1.29 is 9.59 Å². The minimum absolute atomic E-state index is 0.222. The SMILES string of the molecule is O=C1NC(c2ccc(Cl)cc2Cl)=C2C(=O)NC(c3ccc(Cl)cc3Cl)=C12. The summed E-state index contributed by atoms with van der Waals surface area (Å²) in [6.07, 6.45) is 0. The van der Waals surface area contributed by atoms with E-state index in [9.17, 15) is 9.59 Å². The highest BCUT2D eigenvalue weighted by atomic mass is 35.5. The van der Waals surface area contributed by atoms with E-state index in [1.165, 1.54) is 0 Å². The molecule has 0 radical (unpaired) electrons. The van der Waals surface area contributed by atoms with E-state index in [-0.39, 0.29) is 11.1 Å². The van der Waals surface area contributed by atoms with Crippen molar-refractivity contribution >= 4 is 69.6 Å². The molecule has 130 valence electrons. The molecule has 0 bridgehead atoms. The molecule has 2 aliphatic heterocycles. The fourth-order valence-corrected chi connectivity index (χ4v) is 3.98. The number of fused-ring (bicyclic) bond motifs is 1. The molecule has 0 atom stereocenters. The van der Waals surface area contributed by atoms with Gasteiger partial charge in [-0.3, -0.25) is 9.59 Å². The number of nitrogens with one attached hydrogen (secondary N) is 2. The molecule has 2 aliphatic rings. The summed E-state index contributed by atoms with van der Waals surface area (Å²) in [5.74, 6) is -0.833. The minimum atomic E-state index is -0.416. The second-order valence-electron chi connectivity index (χ2n) is 5.66. The topological polar surface area (TPSA) is 58.2 Å². The zero-order chi connectivity index (χ0) is 18.6. The Hall–Kier alpha value is -1.98. The number of hydrogen-bond acceptors (Lipinski definition) is 2. The average Bonchev–Trinajstić information content (AvgIpc) is 3.07. The lowest BCUT2D eigenvalue weighted by molar-refractivity contribution is -0.117. The van der Waals surface area contributed by atoms with Gasteiger partial charge in [0, 0.05) is 21.2 Å². The molecule has 4 nitrogen and oxygen atoms in total. The molecule has 2 heterocycles. The first-order valence-electron chi connectivity index (χ1n) is 7.39. The Balaban J connectivity index is 1.94. The fourth-order valence-electron chi connectivity index (χ4n) is 2.97. The van der Waals surface area contributed by atoms with Gasteiger partial charge in [-0.2, -0.15) is 0 Å². The quantitative estimate of drug-likeness (QED) is 0.733. The number of carbonyl (C=O) groups excluding carboxylic acids is 2. The van der Waals surface area contributed by atoms with Crippen LogP contribution in [0.4, 0.5) is 0 Å². The number of carbonyl (C=O) groups is 2. The summed E-state index contributed by atoms with van der Waals surface area (Å²) in [5.41, 5.74) is 2.13. The molecule has 4 rings (SSSR count). The Morgan fingerprint density at radius 2 is 1.00 bits per heavy atom. The van der Waals surface area contributed by atoms with Gasteiger partial charge in [0.25, 0.3) is 11.8 Å². The molecular formula is C18H8Cl4N2O2. The Labute approximate surface area is 168 Å². The Kier molecular flexibility index (Phi) is 4.24. The summed E-state index contributed by atoms with van der Waals surface area (Å²) in [4.78, 5) is 25.2. The fraction of sp³-hybridized carbons (Fsp3) is 0. The third-order valence-electron chi connectivity index (χ3n) is 4.08. The van der Waals surface area contributed by atoms with Crippen molar-refractivity contribution in [1.82, 2.24) is 10.6 Å². The molecule has 0 spiro atoms. The van der Waals surface area contributed by atoms with Crippen molar-refractivity contribution in [1.29, 1.82) is 0 Å². The summed E-state index contributed by atoms with van der Waals surface area (Å²) < 4.78 is 0. The minimum Gasteiger partial charge on any atom is -0.321 e. The highest BCUT2D eigenvalue weighted by molar-refractivity contribution is 6.39. The maximum atomic E-state index is 12.6. The molecule has 26 heavy (non-hydrogen) atoms. The Morgan fingerprint density at radius 3 is 1.35 bits per heavy atom. The van der Waals surface area contributed by atoms with Gasteiger partial charge in [-0.15, -0.1) is 0 Å². The van der Waals surface area contributed by atoms with Crippen molar-refractivity contribution in [3.05, 3.63) is 78.8 Å². The van der Waals surface area contributed by atoms with Crippen LogP contribution in [0.25, 0.3) is 11.4 Å². The molecular weight excluding hydrogens is 418 g/mol. The number of halogens is 4. The first kappa shape index (κ1) is 17.4. The molecule has 2 aromatic rings. The molecule has 0 saturated carbocycles. The van der Waals surface area contributed by atoms with E-state index < -0.39 is 11.8 Å². The van der Waals surface area contributed by atoms with Crippen LogP contribution in [0.1, 0.15) is 11.1 Å². The summed E-state index contributed by atoms with van der Waals surface area (Å²) in [6, 6.07) is 9.66. The number of rotatable bonds is 2. The molecule has 2 N–H and O–H groups in total. The molecule has 0 unspecified atom stereocenters. The molecule has 0 aromatic heterocycles. The third-order valence-corrected chi connectivity index (χ3v) is 5.18. The van der Waals surface area contributed by atoms with Gasteiger partial charge in [-0.1, -0.05) is 46.4 Å². The standard InChI is InChI=1S/C18H8Cl4N2O2/c19-7-1-3-9(11(21)5-7)15-13-14(18(26)23-15)16(24-17(13)25)10-4-2-8(20)6-12(10)22/h1-6H,(H,23,26)(H,24,25). The van der Waals surface area contributed by atoms with E-state index in [0.29, 0.717) is 42.6 Å². The monoisotopic (exact) mass is 424 g/mol. The lowest BCUT2D eigenvalue weighted by Gasteiger charge is -2.09. The first-order chi connectivity index (χ1) is 12.4. The van der Waals surface area contributed by atoms with E-state index >= 15 is 0 Å². The number of amides is 2. The van der Waals surface area contributed by atoms with Gasteiger partial charge in [0.1, 0.15) is 0 Å². The second kappa shape index (κ2) is 6.32. The van der Waals surface area contributed by atoms with E-state index in [1.54, 1.807) is 36.4 Å². The highest BCUT2D eigenvalue weighted by Gasteiger charge is 2.41. The zero-order valence-corrected chi connectivity index (χ0v) is 15.8. The second-order valence-corrected chi connectivity index (χ2v) is 7.34. The van der Waals surface area contributed by atoms with Crippen LogP contribution in [0, 0.1) is 0 Å². The van der Waals surface area contributed by atoms with Crippen LogP contribution < -0.4 is 10.6 Å². The van der Waals surface area contributed by atoms with Gasteiger partial charge in [-0.25, -0.2) is 0 Å². The normalized spacial score (nSPS) is 16.2. The van der Waals surface area contributed by atoms with E-state index in [2.05, 4.69) is 10.6 Å². The van der Waals surface area contributed by atoms with E-state index in [4.69, 9.17) is 46.4 Å². The van der Waals surface area contributed by atoms with Crippen LogP contribution in [0.2, 0.25) is 20.1 Å². The van der Waals surface area contributed by atoms with Gasteiger partial charge < -0.3 is 10.6 Å². The van der Waals surface area contributed by atoms with Gasteiger partial charge in [-0.05, 0) is 36.4 Å².